The Morgan fingerprint density at radius 2 is 1.57 bits per heavy atom. The van der Waals surface area contributed by atoms with E-state index in [4.69, 9.17) is 4.74 Å². The molecule has 8 heteroatoms. The van der Waals surface area contributed by atoms with Crippen molar-refractivity contribution in [2.45, 2.75) is 22.5 Å². The Morgan fingerprint density at radius 3 is 2.14 bits per heavy atom. The SMILES string of the molecule is O=C(CCN1C(=O)[C@@H]2[C@H]3C[C@@H]([C@H](Br)[C@H]3Br)[C@@H]2C1=O)OCC(=O)c1ccccc1. The summed E-state index contributed by atoms with van der Waals surface area (Å²) in [6.45, 7) is -0.348. The highest BCUT2D eigenvalue weighted by atomic mass is 79.9. The van der Waals surface area contributed by atoms with E-state index in [0.717, 1.165) is 6.42 Å². The second-order valence-corrected chi connectivity index (χ2v) is 9.65. The minimum Gasteiger partial charge on any atom is -0.457 e. The standard InChI is InChI=1S/C20H19Br2NO5/c21-17-11-8-12(18(17)22)16-15(11)19(26)23(20(16)27)7-6-14(25)28-9-13(24)10-4-2-1-3-5-10/h1-5,11-12,15-18H,6-9H2/t11-,12-,15-,16+,17+,18+/m1/s1. The number of esters is 1. The average molecular weight is 513 g/mol. The summed E-state index contributed by atoms with van der Waals surface area (Å²) >= 11 is 7.29. The number of Topliss-reactive ketones (excluding diaryl/α,β-unsaturated/α-hetero) is 1. The van der Waals surface area contributed by atoms with Gasteiger partial charge in [-0.15, -0.1) is 0 Å². The van der Waals surface area contributed by atoms with Crippen molar-refractivity contribution in [3.8, 4) is 0 Å². The molecule has 4 rings (SSSR count). The molecule has 2 aliphatic carbocycles. The number of hydrogen-bond donors (Lipinski definition) is 0. The second-order valence-electron chi connectivity index (χ2n) is 7.53. The van der Waals surface area contributed by atoms with Crippen LogP contribution in [0.4, 0.5) is 0 Å². The number of nitrogens with zero attached hydrogens (tertiary/aromatic N) is 1. The molecule has 2 amide bonds. The van der Waals surface area contributed by atoms with Crippen LogP contribution in [-0.2, 0) is 19.1 Å². The number of rotatable bonds is 6. The molecule has 3 aliphatic rings. The average Bonchev–Trinajstić information content (AvgIpc) is 3.30. The van der Waals surface area contributed by atoms with Crippen LogP contribution in [0.5, 0.6) is 0 Å². The van der Waals surface area contributed by atoms with Gasteiger partial charge in [-0.05, 0) is 18.3 Å². The molecule has 1 heterocycles. The third-order valence-electron chi connectivity index (χ3n) is 6.08. The molecule has 0 radical (unpaired) electrons. The summed E-state index contributed by atoms with van der Waals surface area (Å²) in [6, 6.07) is 8.57. The molecule has 0 aromatic heterocycles. The number of carbonyl (C=O) groups excluding carboxylic acids is 4. The van der Waals surface area contributed by atoms with Gasteiger partial charge in [0, 0.05) is 21.8 Å². The van der Waals surface area contributed by atoms with Gasteiger partial charge in [0.1, 0.15) is 0 Å². The summed E-state index contributed by atoms with van der Waals surface area (Å²) in [5, 5.41) is 0. The van der Waals surface area contributed by atoms with Crippen molar-refractivity contribution in [3.05, 3.63) is 35.9 Å². The molecule has 28 heavy (non-hydrogen) atoms. The van der Waals surface area contributed by atoms with E-state index in [0.29, 0.717) is 5.56 Å². The molecule has 1 aromatic rings. The Bertz CT molecular complexity index is 797. The van der Waals surface area contributed by atoms with E-state index in [1.807, 2.05) is 0 Å². The Morgan fingerprint density at radius 1 is 1.00 bits per heavy atom. The molecule has 1 saturated heterocycles. The Hall–Kier alpha value is -1.54. The highest BCUT2D eigenvalue weighted by Crippen LogP contribution is 2.60. The smallest absolute Gasteiger partial charge is 0.308 e. The van der Waals surface area contributed by atoms with E-state index in [2.05, 4.69) is 31.9 Å². The van der Waals surface area contributed by atoms with Crippen molar-refractivity contribution in [2.24, 2.45) is 23.7 Å². The number of carbonyl (C=O) groups is 4. The highest BCUT2D eigenvalue weighted by molar-refractivity contribution is 9.12. The molecular weight excluding hydrogens is 494 g/mol. The molecule has 1 aliphatic heterocycles. The lowest BCUT2D eigenvalue weighted by Gasteiger charge is -2.28. The third kappa shape index (κ3) is 3.24. The zero-order chi connectivity index (χ0) is 20.0. The molecule has 3 fully saturated rings. The molecule has 0 spiro atoms. The summed E-state index contributed by atoms with van der Waals surface area (Å²) in [5.41, 5.74) is 0.470. The van der Waals surface area contributed by atoms with Gasteiger partial charge < -0.3 is 4.74 Å². The first-order valence-corrected chi connectivity index (χ1v) is 11.1. The first kappa shape index (κ1) is 19.8. The molecule has 0 unspecified atom stereocenters. The van der Waals surface area contributed by atoms with Gasteiger partial charge in [0.15, 0.2) is 12.4 Å². The number of ketones is 1. The summed E-state index contributed by atoms with van der Waals surface area (Å²) in [7, 11) is 0. The Kier molecular flexibility index (Phi) is 5.44. The van der Waals surface area contributed by atoms with Gasteiger partial charge >= 0.3 is 5.97 Å². The van der Waals surface area contributed by atoms with Gasteiger partial charge in [0.2, 0.25) is 11.8 Å². The van der Waals surface area contributed by atoms with Gasteiger partial charge in [0.05, 0.1) is 18.3 Å². The van der Waals surface area contributed by atoms with E-state index >= 15 is 0 Å². The maximum atomic E-state index is 12.8. The van der Waals surface area contributed by atoms with E-state index in [-0.39, 0.29) is 70.5 Å². The van der Waals surface area contributed by atoms with Gasteiger partial charge in [-0.25, -0.2) is 0 Å². The lowest BCUT2D eigenvalue weighted by atomic mass is 9.81. The normalized spacial score (nSPS) is 33.3. The fraction of sp³-hybridized carbons (Fsp3) is 0.500. The van der Waals surface area contributed by atoms with Gasteiger partial charge in [-0.3, -0.25) is 24.1 Å². The van der Waals surface area contributed by atoms with Crippen molar-refractivity contribution in [1.82, 2.24) is 4.90 Å². The molecule has 0 N–H and O–H groups in total. The van der Waals surface area contributed by atoms with Crippen LogP contribution in [0, 0.1) is 23.7 Å². The number of ether oxygens (including phenoxy) is 1. The summed E-state index contributed by atoms with van der Waals surface area (Å²) < 4.78 is 5.02. The largest absolute Gasteiger partial charge is 0.457 e. The van der Waals surface area contributed by atoms with Gasteiger partial charge in [0.25, 0.3) is 0 Å². The number of hydrogen-bond acceptors (Lipinski definition) is 5. The zero-order valence-electron chi connectivity index (χ0n) is 14.9. The number of alkyl halides is 2. The predicted octanol–water partition coefficient (Wildman–Crippen LogP) is 2.58. The van der Waals surface area contributed by atoms with E-state index in [9.17, 15) is 19.2 Å². The number of benzene rings is 1. The van der Waals surface area contributed by atoms with Crippen LogP contribution in [0.2, 0.25) is 0 Å². The third-order valence-corrected chi connectivity index (χ3v) is 9.28. The minimum atomic E-state index is -0.596. The van der Waals surface area contributed by atoms with Crippen LogP contribution in [0.25, 0.3) is 0 Å². The number of fused-ring (bicyclic) bond motifs is 5. The van der Waals surface area contributed by atoms with E-state index in [1.165, 1.54) is 4.90 Å². The number of likely N-dealkylation sites (tertiary alicyclic amines) is 1. The zero-order valence-corrected chi connectivity index (χ0v) is 18.1. The molecule has 6 atom stereocenters. The second kappa shape index (κ2) is 7.71. The van der Waals surface area contributed by atoms with Crippen LogP contribution in [0.15, 0.2) is 30.3 Å². The monoisotopic (exact) mass is 511 g/mol. The van der Waals surface area contributed by atoms with Crippen LogP contribution in [0.3, 0.4) is 0 Å². The predicted molar refractivity (Wildman–Crippen MR) is 107 cm³/mol. The molecular formula is C20H19Br2NO5. The first-order chi connectivity index (χ1) is 13.4. The van der Waals surface area contributed by atoms with Crippen molar-refractivity contribution in [3.63, 3.8) is 0 Å². The molecule has 148 valence electrons. The molecule has 2 bridgehead atoms. The lowest BCUT2D eigenvalue weighted by Crippen LogP contribution is -2.37. The van der Waals surface area contributed by atoms with Crippen LogP contribution >= 0.6 is 31.9 Å². The molecule has 2 saturated carbocycles. The van der Waals surface area contributed by atoms with Gasteiger partial charge in [-0.2, -0.15) is 0 Å². The summed E-state index contributed by atoms with van der Waals surface area (Å²) in [4.78, 5) is 51.1. The Labute approximate surface area is 179 Å². The number of halogens is 2. The lowest BCUT2D eigenvalue weighted by molar-refractivity contribution is -0.145. The maximum Gasteiger partial charge on any atom is 0.308 e. The number of imide groups is 1. The van der Waals surface area contributed by atoms with E-state index < -0.39 is 5.97 Å². The van der Waals surface area contributed by atoms with Crippen molar-refractivity contribution >= 4 is 55.4 Å². The fourth-order valence-electron chi connectivity index (χ4n) is 4.76. The van der Waals surface area contributed by atoms with Crippen LogP contribution in [0.1, 0.15) is 23.2 Å². The summed E-state index contributed by atoms with van der Waals surface area (Å²) in [6.07, 6.45) is 0.764. The maximum absolute atomic E-state index is 12.8. The summed E-state index contributed by atoms with van der Waals surface area (Å²) in [5.74, 6) is -1.52. The minimum absolute atomic E-state index is 0.00235. The van der Waals surface area contributed by atoms with Crippen molar-refractivity contribution < 1.29 is 23.9 Å². The van der Waals surface area contributed by atoms with Crippen molar-refractivity contribution in [1.29, 1.82) is 0 Å². The van der Waals surface area contributed by atoms with Crippen LogP contribution in [-0.4, -0.2) is 51.3 Å². The highest BCUT2D eigenvalue weighted by Gasteiger charge is 2.66. The first-order valence-electron chi connectivity index (χ1n) is 9.27. The Balaban J connectivity index is 1.31. The number of amides is 2. The topological polar surface area (TPSA) is 80.8 Å². The van der Waals surface area contributed by atoms with Gasteiger partial charge in [-0.1, -0.05) is 62.2 Å². The van der Waals surface area contributed by atoms with Crippen LogP contribution < -0.4 is 0 Å². The van der Waals surface area contributed by atoms with Crippen molar-refractivity contribution in [2.75, 3.05) is 13.2 Å². The van der Waals surface area contributed by atoms with E-state index in [1.54, 1.807) is 30.3 Å². The fourth-order valence-corrected chi connectivity index (χ4v) is 6.63. The quantitative estimate of drug-likeness (QED) is 0.253. The molecule has 1 aromatic carbocycles. The molecule has 6 nitrogen and oxygen atoms in total.